The summed E-state index contributed by atoms with van der Waals surface area (Å²) in [4.78, 5) is 12.7. The van der Waals surface area contributed by atoms with Crippen LogP contribution in [0.25, 0.3) is 11.5 Å². The Labute approximate surface area is 184 Å². The molecule has 0 radical (unpaired) electrons. The Bertz CT molecular complexity index is 1340. The number of amides is 1. The zero-order chi connectivity index (χ0) is 22.4. The lowest BCUT2D eigenvalue weighted by Crippen LogP contribution is -2.25. The third-order valence-electron chi connectivity index (χ3n) is 5.61. The molecule has 1 amide bonds. The highest BCUT2D eigenvalue weighted by atomic mass is 16.5. The van der Waals surface area contributed by atoms with Crippen molar-refractivity contribution in [3.05, 3.63) is 53.0 Å². The first-order valence-electron chi connectivity index (χ1n) is 10.4. The summed E-state index contributed by atoms with van der Waals surface area (Å²) in [5.74, 6) is 2.91. The van der Waals surface area contributed by atoms with Crippen LogP contribution < -0.4 is 14.8 Å². The molecule has 4 heterocycles. The number of rotatable bonds is 5. The van der Waals surface area contributed by atoms with E-state index in [4.69, 9.17) is 14.6 Å². The number of aromatic nitrogens is 6. The minimum atomic E-state index is -0.169. The second-order valence-corrected chi connectivity index (χ2v) is 7.62. The summed E-state index contributed by atoms with van der Waals surface area (Å²) in [6.07, 6.45) is 0.313. The molecule has 1 N–H and O–H groups in total. The van der Waals surface area contributed by atoms with Gasteiger partial charge in [0.1, 0.15) is 5.82 Å². The summed E-state index contributed by atoms with van der Waals surface area (Å²) in [6.45, 7) is 6.24. The van der Waals surface area contributed by atoms with E-state index in [2.05, 4.69) is 20.6 Å². The van der Waals surface area contributed by atoms with E-state index in [0.29, 0.717) is 47.6 Å². The van der Waals surface area contributed by atoms with Crippen molar-refractivity contribution in [3.63, 3.8) is 0 Å². The van der Waals surface area contributed by atoms with Crippen molar-refractivity contribution >= 4 is 17.4 Å². The molecule has 1 atom stereocenters. The minimum absolute atomic E-state index is 0.0851. The van der Waals surface area contributed by atoms with Crippen molar-refractivity contribution in [2.75, 3.05) is 19.0 Å². The molecule has 1 aliphatic rings. The van der Waals surface area contributed by atoms with Crippen molar-refractivity contribution in [2.45, 2.75) is 33.1 Å². The third-order valence-corrected chi connectivity index (χ3v) is 5.61. The molecule has 1 aromatic carbocycles. The summed E-state index contributed by atoms with van der Waals surface area (Å²) in [5.41, 5.74) is 3.38. The number of ether oxygens (including phenoxy) is 2. The van der Waals surface area contributed by atoms with E-state index >= 15 is 0 Å². The number of fused-ring (bicyclic) bond motifs is 2. The number of nitrogens with zero attached hydrogens (tertiary/aromatic N) is 6. The number of aryl methyl sites for hydroxylation is 2. The first-order valence-corrected chi connectivity index (χ1v) is 10.4. The Morgan fingerprint density at radius 3 is 2.75 bits per heavy atom. The van der Waals surface area contributed by atoms with Crippen LogP contribution in [0.3, 0.4) is 0 Å². The predicted octanol–water partition coefficient (Wildman–Crippen LogP) is 2.81. The van der Waals surface area contributed by atoms with Crippen LogP contribution >= 0.6 is 0 Å². The Kier molecular flexibility index (Phi) is 4.76. The Balaban J connectivity index is 1.63. The van der Waals surface area contributed by atoms with Crippen LogP contribution in [0.4, 0.5) is 5.82 Å². The van der Waals surface area contributed by atoms with E-state index in [9.17, 15) is 4.79 Å². The van der Waals surface area contributed by atoms with E-state index in [1.807, 2.05) is 51.1 Å². The van der Waals surface area contributed by atoms with Crippen LogP contribution in [0.5, 0.6) is 11.5 Å². The number of hydrogen-bond donors (Lipinski definition) is 1. The fourth-order valence-electron chi connectivity index (χ4n) is 4.17. The van der Waals surface area contributed by atoms with Gasteiger partial charge in [-0.1, -0.05) is 6.07 Å². The fraction of sp³-hybridized carbons (Fsp3) is 0.318. The molecular weight excluding hydrogens is 410 g/mol. The van der Waals surface area contributed by atoms with Crippen molar-refractivity contribution in [1.29, 1.82) is 0 Å². The smallest absolute Gasteiger partial charge is 0.226 e. The summed E-state index contributed by atoms with van der Waals surface area (Å²) in [5, 5.41) is 20.4. The van der Waals surface area contributed by atoms with Gasteiger partial charge in [-0.2, -0.15) is 14.3 Å². The number of benzene rings is 1. The average Bonchev–Trinajstić information content (AvgIpc) is 3.33. The van der Waals surface area contributed by atoms with Gasteiger partial charge in [-0.3, -0.25) is 4.79 Å². The van der Waals surface area contributed by atoms with Gasteiger partial charge in [0, 0.05) is 17.9 Å². The molecule has 164 valence electrons. The Hall–Kier alpha value is -3.95. The standard InChI is InChI=1S/C22H23N7O3/c1-5-32-16-7-6-14(10-17(16)31-4)15-11-20(30)23-22-21(15)12(2)26-29(22)19-9-8-18-25-24-13(3)28(18)27-19/h6-10,15H,5,11H2,1-4H3,(H,23,30)/t15-/m1/s1. The van der Waals surface area contributed by atoms with E-state index < -0.39 is 0 Å². The van der Waals surface area contributed by atoms with Gasteiger partial charge in [0.2, 0.25) is 5.91 Å². The van der Waals surface area contributed by atoms with Gasteiger partial charge >= 0.3 is 0 Å². The zero-order valence-corrected chi connectivity index (χ0v) is 18.3. The molecule has 0 saturated heterocycles. The molecule has 0 spiro atoms. The van der Waals surface area contributed by atoms with Crippen molar-refractivity contribution < 1.29 is 14.3 Å². The highest BCUT2D eigenvalue weighted by Crippen LogP contribution is 2.42. The van der Waals surface area contributed by atoms with Crippen LogP contribution in [-0.4, -0.2) is 49.2 Å². The highest BCUT2D eigenvalue weighted by Gasteiger charge is 2.33. The lowest BCUT2D eigenvalue weighted by molar-refractivity contribution is -0.116. The summed E-state index contributed by atoms with van der Waals surface area (Å²) in [6, 6.07) is 9.42. The molecule has 0 saturated carbocycles. The Morgan fingerprint density at radius 1 is 1.12 bits per heavy atom. The second kappa shape index (κ2) is 7.63. The van der Waals surface area contributed by atoms with Gasteiger partial charge in [0.25, 0.3) is 0 Å². The molecule has 10 nitrogen and oxygen atoms in total. The number of methoxy groups -OCH3 is 1. The van der Waals surface area contributed by atoms with Gasteiger partial charge in [-0.15, -0.1) is 15.3 Å². The molecule has 0 unspecified atom stereocenters. The normalized spacial score (nSPS) is 15.5. The van der Waals surface area contributed by atoms with Crippen molar-refractivity contribution in [2.24, 2.45) is 0 Å². The topological polar surface area (TPSA) is 108 Å². The molecule has 10 heteroatoms. The molecule has 0 fully saturated rings. The van der Waals surface area contributed by atoms with Crippen LogP contribution in [0, 0.1) is 13.8 Å². The van der Waals surface area contributed by atoms with E-state index in [1.165, 1.54) is 0 Å². The van der Waals surface area contributed by atoms with Gasteiger partial charge in [-0.05, 0) is 50.6 Å². The molecule has 32 heavy (non-hydrogen) atoms. The number of nitrogens with one attached hydrogen (secondary N) is 1. The SMILES string of the molecule is CCOc1ccc([C@H]2CC(=O)Nc3c2c(C)nn3-c2ccc3nnc(C)n3n2)cc1OC. The maximum Gasteiger partial charge on any atom is 0.226 e. The maximum atomic E-state index is 12.7. The predicted molar refractivity (Wildman–Crippen MR) is 117 cm³/mol. The zero-order valence-electron chi connectivity index (χ0n) is 18.3. The van der Waals surface area contributed by atoms with Gasteiger partial charge in [0.05, 0.1) is 19.4 Å². The lowest BCUT2D eigenvalue weighted by atomic mass is 9.85. The quantitative estimate of drug-likeness (QED) is 0.515. The molecule has 1 aliphatic heterocycles. The molecule has 0 bridgehead atoms. The molecule has 0 aliphatic carbocycles. The van der Waals surface area contributed by atoms with Gasteiger partial charge in [0.15, 0.2) is 28.8 Å². The molecule has 5 rings (SSSR count). The number of carbonyl (C=O) groups excluding carboxylic acids is 1. The molecule has 3 aromatic heterocycles. The van der Waals surface area contributed by atoms with Crippen molar-refractivity contribution in [1.82, 2.24) is 29.6 Å². The largest absolute Gasteiger partial charge is 0.493 e. The van der Waals surface area contributed by atoms with Crippen LogP contribution in [0.2, 0.25) is 0 Å². The number of carbonyl (C=O) groups is 1. The van der Waals surface area contributed by atoms with Crippen LogP contribution in [0.15, 0.2) is 30.3 Å². The number of hydrogen-bond acceptors (Lipinski definition) is 7. The van der Waals surface area contributed by atoms with Gasteiger partial charge in [-0.25, -0.2) is 0 Å². The highest BCUT2D eigenvalue weighted by molar-refractivity contribution is 5.95. The van der Waals surface area contributed by atoms with E-state index in [1.54, 1.807) is 16.3 Å². The van der Waals surface area contributed by atoms with Crippen LogP contribution in [-0.2, 0) is 4.79 Å². The summed E-state index contributed by atoms with van der Waals surface area (Å²) >= 11 is 0. The second-order valence-electron chi connectivity index (χ2n) is 7.62. The monoisotopic (exact) mass is 433 g/mol. The van der Waals surface area contributed by atoms with E-state index in [-0.39, 0.29) is 11.8 Å². The fourth-order valence-corrected chi connectivity index (χ4v) is 4.17. The first-order chi connectivity index (χ1) is 15.5. The third kappa shape index (κ3) is 3.15. The minimum Gasteiger partial charge on any atom is -0.493 e. The molecule has 4 aromatic rings. The summed E-state index contributed by atoms with van der Waals surface area (Å²) in [7, 11) is 1.61. The Morgan fingerprint density at radius 2 is 1.97 bits per heavy atom. The lowest BCUT2D eigenvalue weighted by Gasteiger charge is -2.25. The summed E-state index contributed by atoms with van der Waals surface area (Å²) < 4.78 is 14.5. The first kappa shape index (κ1) is 20.0. The van der Waals surface area contributed by atoms with Crippen molar-refractivity contribution in [3.8, 4) is 17.3 Å². The average molecular weight is 433 g/mol. The molecular formula is C22H23N7O3. The van der Waals surface area contributed by atoms with Crippen LogP contribution in [0.1, 0.15) is 41.9 Å². The maximum absolute atomic E-state index is 12.7. The van der Waals surface area contributed by atoms with Gasteiger partial charge < -0.3 is 14.8 Å². The number of anilines is 1. The van der Waals surface area contributed by atoms with E-state index in [0.717, 1.165) is 16.8 Å².